The van der Waals surface area contributed by atoms with E-state index in [4.69, 9.17) is 4.74 Å². The van der Waals surface area contributed by atoms with Crippen LogP contribution in [0.5, 0.6) is 5.75 Å². The summed E-state index contributed by atoms with van der Waals surface area (Å²) in [5, 5.41) is 12.4. The Bertz CT molecular complexity index is 457. The van der Waals surface area contributed by atoms with Crippen molar-refractivity contribution in [1.82, 2.24) is 5.32 Å². The van der Waals surface area contributed by atoms with Gasteiger partial charge in [0.05, 0.1) is 19.1 Å². The van der Waals surface area contributed by atoms with Gasteiger partial charge in [0.2, 0.25) is 5.91 Å². The van der Waals surface area contributed by atoms with Crippen LogP contribution < -0.4 is 10.1 Å². The van der Waals surface area contributed by atoms with Gasteiger partial charge in [0.1, 0.15) is 5.75 Å². The molecular weight excluding hydrogens is 266 g/mol. The van der Waals surface area contributed by atoms with Gasteiger partial charge in [-0.2, -0.15) is 0 Å². The van der Waals surface area contributed by atoms with E-state index in [1.807, 2.05) is 45.9 Å². The standard InChI is InChI=1S/C17H27NO3/c1-12(2)9-15(19)11-18-17(20)7-8-21-16-10-13(3)5-6-14(16)4/h5-6,10,12,15,19H,7-9,11H2,1-4H3,(H,18,20). The first kappa shape index (κ1) is 17.5. The Morgan fingerprint density at radius 3 is 2.71 bits per heavy atom. The van der Waals surface area contributed by atoms with E-state index in [1.54, 1.807) is 0 Å². The van der Waals surface area contributed by atoms with Crippen LogP contribution in [0, 0.1) is 19.8 Å². The summed E-state index contributed by atoms with van der Waals surface area (Å²) in [4.78, 5) is 11.7. The number of amides is 1. The molecule has 1 amide bonds. The van der Waals surface area contributed by atoms with E-state index < -0.39 is 6.10 Å². The average Bonchev–Trinajstić information content (AvgIpc) is 2.39. The van der Waals surface area contributed by atoms with Gasteiger partial charge >= 0.3 is 0 Å². The van der Waals surface area contributed by atoms with E-state index in [9.17, 15) is 9.90 Å². The molecule has 118 valence electrons. The predicted molar refractivity (Wildman–Crippen MR) is 84.5 cm³/mol. The lowest BCUT2D eigenvalue weighted by Crippen LogP contribution is -2.33. The van der Waals surface area contributed by atoms with Crippen molar-refractivity contribution < 1.29 is 14.6 Å². The van der Waals surface area contributed by atoms with Crippen LogP contribution in [0.3, 0.4) is 0 Å². The van der Waals surface area contributed by atoms with E-state index in [2.05, 4.69) is 5.32 Å². The van der Waals surface area contributed by atoms with Crippen LogP contribution in [-0.4, -0.2) is 30.3 Å². The molecule has 0 aromatic heterocycles. The summed E-state index contributed by atoms with van der Waals surface area (Å²) in [5.74, 6) is 1.15. The zero-order valence-electron chi connectivity index (χ0n) is 13.5. The SMILES string of the molecule is Cc1ccc(C)c(OCCC(=O)NCC(O)CC(C)C)c1. The summed E-state index contributed by atoms with van der Waals surface area (Å²) in [7, 11) is 0. The van der Waals surface area contributed by atoms with E-state index in [0.29, 0.717) is 31.9 Å². The van der Waals surface area contributed by atoms with Crippen LogP contribution in [0.15, 0.2) is 18.2 Å². The third-order valence-corrected chi connectivity index (χ3v) is 3.21. The molecule has 4 nitrogen and oxygen atoms in total. The third-order valence-electron chi connectivity index (χ3n) is 3.21. The fourth-order valence-corrected chi connectivity index (χ4v) is 2.06. The van der Waals surface area contributed by atoms with Gasteiger partial charge in [0, 0.05) is 6.54 Å². The maximum absolute atomic E-state index is 11.7. The van der Waals surface area contributed by atoms with Crippen LogP contribution in [0.4, 0.5) is 0 Å². The number of hydrogen-bond donors (Lipinski definition) is 2. The zero-order chi connectivity index (χ0) is 15.8. The summed E-state index contributed by atoms with van der Waals surface area (Å²) >= 11 is 0. The molecule has 0 aliphatic heterocycles. The largest absolute Gasteiger partial charge is 0.493 e. The van der Waals surface area contributed by atoms with Gasteiger partial charge in [-0.25, -0.2) is 0 Å². The number of carbonyl (C=O) groups is 1. The van der Waals surface area contributed by atoms with Crippen molar-refractivity contribution in [1.29, 1.82) is 0 Å². The van der Waals surface area contributed by atoms with Crippen molar-refractivity contribution in [2.45, 2.75) is 46.6 Å². The lowest BCUT2D eigenvalue weighted by Gasteiger charge is -2.14. The van der Waals surface area contributed by atoms with Crippen molar-refractivity contribution in [3.63, 3.8) is 0 Å². The van der Waals surface area contributed by atoms with E-state index in [0.717, 1.165) is 16.9 Å². The van der Waals surface area contributed by atoms with Crippen molar-refractivity contribution in [2.24, 2.45) is 5.92 Å². The van der Waals surface area contributed by atoms with Gasteiger partial charge in [-0.15, -0.1) is 0 Å². The monoisotopic (exact) mass is 293 g/mol. The molecule has 1 rings (SSSR count). The van der Waals surface area contributed by atoms with Gasteiger partial charge in [-0.1, -0.05) is 26.0 Å². The molecule has 4 heteroatoms. The van der Waals surface area contributed by atoms with Crippen LogP contribution >= 0.6 is 0 Å². The quantitative estimate of drug-likeness (QED) is 0.774. The Hall–Kier alpha value is -1.55. The zero-order valence-corrected chi connectivity index (χ0v) is 13.5. The molecule has 1 unspecified atom stereocenters. The molecule has 0 saturated carbocycles. The van der Waals surface area contributed by atoms with Crippen LogP contribution in [0.2, 0.25) is 0 Å². The average molecular weight is 293 g/mol. The molecule has 0 aliphatic carbocycles. The second kappa shape index (κ2) is 8.67. The van der Waals surface area contributed by atoms with Crippen molar-refractivity contribution in [2.75, 3.05) is 13.2 Å². The van der Waals surface area contributed by atoms with Crippen LogP contribution in [-0.2, 0) is 4.79 Å². The minimum absolute atomic E-state index is 0.0943. The Labute approximate surface area is 127 Å². The second-order valence-corrected chi connectivity index (χ2v) is 5.95. The summed E-state index contributed by atoms with van der Waals surface area (Å²) < 4.78 is 5.64. The molecule has 0 aliphatic rings. The Balaban J connectivity index is 2.26. The first-order chi connectivity index (χ1) is 9.88. The number of ether oxygens (including phenoxy) is 1. The number of benzene rings is 1. The minimum atomic E-state index is -0.478. The molecule has 2 N–H and O–H groups in total. The number of aryl methyl sites for hydroxylation is 2. The van der Waals surface area contributed by atoms with E-state index >= 15 is 0 Å². The summed E-state index contributed by atoms with van der Waals surface area (Å²) in [6.07, 6.45) is 0.509. The van der Waals surface area contributed by atoms with E-state index in [-0.39, 0.29) is 5.91 Å². The smallest absolute Gasteiger partial charge is 0.223 e. The molecule has 1 aromatic carbocycles. The van der Waals surface area contributed by atoms with Crippen LogP contribution in [0.1, 0.15) is 37.8 Å². The van der Waals surface area contributed by atoms with Crippen LogP contribution in [0.25, 0.3) is 0 Å². The fourth-order valence-electron chi connectivity index (χ4n) is 2.06. The molecule has 0 radical (unpaired) electrons. The predicted octanol–water partition coefficient (Wildman–Crippen LogP) is 2.60. The Morgan fingerprint density at radius 2 is 2.05 bits per heavy atom. The molecule has 0 saturated heterocycles. The molecule has 21 heavy (non-hydrogen) atoms. The van der Waals surface area contributed by atoms with Gasteiger partial charge in [0.25, 0.3) is 0 Å². The molecule has 0 heterocycles. The van der Waals surface area contributed by atoms with Crippen molar-refractivity contribution >= 4 is 5.91 Å². The minimum Gasteiger partial charge on any atom is -0.493 e. The summed E-state index contributed by atoms with van der Waals surface area (Å²) in [6.45, 7) is 8.73. The molecule has 1 aromatic rings. The van der Waals surface area contributed by atoms with Crippen molar-refractivity contribution in [3.8, 4) is 5.75 Å². The molecule has 1 atom stereocenters. The number of aliphatic hydroxyl groups is 1. The maximum Gasteiger partial charge on any atom is 0.223 e. The first-order valence-electron chi connectivity index (χ1n) is 7.53. The Kier molecular flexibility index (Phi) is 7.23. The van der Waals surface area contributed by atoms with Gasteiger partial charge in [-0.3, -0.25) is 4.79 Å². The molecule has 0 bridgehead atoms. The highest BCUT2D eigenvalue weighted by atomic mass is 16.5. The molecule has 0 fully saturated rings. The lowest BCUT2D eigenvalue weighted by atomic mass is 10.1. The summed E-state index contributed by atoms with van der Waals surface area (Å²) in [6, 6.07) is 6.01. The number of aliphatic hydroxyl groups excluding tert-OH is 1. The van der Waals surface area contributed by atoms with Gasteiger partial charge in [-0.05, 0) is 43.4 Å². The van der Waals surface area contributed by atoms with E-state index in [1.165, 1.54) is 0 Å². The molecular formula is C17H27NO3. The normalized spacial score (nSPS) is 12.3. The Morgan fingerprint density at radius 1 is 1.33 bits per heavy atom. The number of nitrogens with one attached hydrogen (secondary N) is 1. The molecule has 0 spiro atoms. The topological polar surface area (TPSA) is 58.6 Å². The highest BCUT2D eigenvalue weighted by Crippen LogP contribution is 2.19. The third kappa shape index (κ3) is 7.14. The fraction of sp³-hybridized carbons (Fsp3) is 0.588. The first-order valence-corrected chi connectivity index (χ1v) is 7.53. The number of carbonyl (C=O) groups excluding carboxylic acids is 1. The van der Waals surface area contributed by atoms with Gasteiger partial charge < -0.3 is 15.2 Å². The second-order valence-electron chi connectivity index (χ2n) is 5.95. The highest BCUT2D eigenvalue weighted by molar-refractivity contribution is 5.76. The lowest BCUT2D eigenvalue weighted by molar-refractivity contribution is -0.122. The number of rotatable bonds is 8. The summed E-state index contributed by atoms with van der Waals surface area (Å²) in [5.41, 5.74) is 2.20. The highest BCUT2D eigenvalue weighted by Gasteiger charge is 2.09. The van der Waals surface area contributed by atoms with Gasteiger partial charge in [0.15, 0.2) is 0 Å². The maximum atomic E-state index is 11.7. The number of hydrogen-bond acceptors (Lipinski definition) is 3. The van der Waals surface area contributed by atoms with Crippen molar-refractivity contribution in [3.05, 3.63) is 29.3 Å².